The molecule has 1 fully saturated rings. The lowest BCUT2D eigenvalue weighted by molar-refractivity contribution is -0.135. The average Bonchev–Trinajstić information content (AvgIpc) is 3.40. The molecule has 8 heteroatoms. The number of rotatable bonds is 4. The van der Waals surface area contributed by atoms with E-state index >= 15 is 0 Å². The first-order valence-corrected chi connectivity index (χ1v) is 10.0. The predicted octanol–water partition coefficient (Wildman–Crippen LogP) is 3.07. The number of nitrogens with zero attached hydrogens (tertiary/aromatic N) is 6. The number of thiophene rings is 1. The van der Waals surface area contributed by atoms with E-state index in [1.165, 1.54) is 6.33 Å². The molecule has 0 radical (unpaired) electrons. The Morgan fingerprint density at radius 1 is 1.37 bits per heavy atom. The molecule has 3 aromatic rings. The van der Waals surface area contributed by atoms with Gasteiger partial charge in [0.05, 0.1) is 10.6 Å². The van der Waals surface area contributed by atoms with E-state index in [-0.39, 0.29) is 17.9 Å². The van der Waals surface area contributed by atoms with Crippen LogP contribution in [-0.4, -0.2) is 48.6 Å². The van der Waals surface area contributed by atoms with E-state index in [0.717, 1.165) is 41.5 Å². The largest absolute Gasteiger partial charge is 0.340 e. The fourth-order valence-corrected chi connectivity index (χ4v) is 4.19. The SMILES string of the molecule is Cc1cc(-c2cccs2)nc([C@@H]2CCCN(C(=O)[C@H](C)n3cncn3)C2)n1. The molecule has 0 spiro atoms. The third-order valence-corrected chi connectivity index (χ3v) is 5.83. The Labute approximate surface area is 162 Å². The molecule has 0 unspecified atom stereocenters. The molecule has 4 heterocycles. The lowest BCUT2D eigenvalue weighted by Gasteiger charge is -2.33. The van der Waals surface area contributed by atoms with Gasteiger partial charge < -0.3 is 4.90 Å². The van der Waals surface area contributed by atoms with Crippen LogP contribution >= 0.6 is 11.3 Å². The van der Waals surface area contributed by atoms with Crippen molar-refractivity contribution in [1.82, 2.24) is 29.6 Å². The molecule has 140 valence electrons. The van der Waals surface area contributed by atoms with Gasteiger partial charge in [-0.2, -0.15) is 5.10 Å². The zero-order chi connectivity index (χ0) is 18.8. The van der Waals surface area contributed by atoms with Crippen LogP contribution in [0, 0.1) is 6.92 Å². The van der Waals surface area contributed by atoms with Gasteiger partial charge in [-0.25, -0.2) is 19.6 Å². The zero-order valence-electron chi connectivity index (χ0n) is 15.4. The molecule has 3 aromatic heterocycles. The number of amides is 1. The van der Waals surface area contributed by atoms with Crippen LogP contribution in [0.5, 0.6) is 0 Å². The molecular formula is C19H22N6OS. The van der Waals surface area contributed by atoms with Gasteiger partial charge in [0.15, 0.2) is 0 Å². The van der Waals surface area contributed by atoms with Crippen molar-refractivity contribution >= 4 is 17.2 Å². The lowest BCUT2D eigenvalue weighted by Crippen LogP contribution is -2.42. The number of carbonyl (C=O) groups excluding carboxylic acids is 1. The lowest BCUT2D eigenvalue weighted by atomic mass is 9.96. The molecular weight excluding hydrogens is 360 g/mol. The van der Waals surface area contributed by atoms with Crippen molar-refractivity contribution in [2.24, 2.45) is 0 Å². The van der Waals surface area contributed by atoms with Crippen LogP contribution in [0.2, 0.25) is 0 Å². The van der Waals surface area contributed by atoms with E-state index in [9.17, 15) is 4.79 Å². The minimum Gasteiger partial charge on any atom is -0.340 e. The van der Waals surface area contributed by atoms with E-state index in [2.05, 4.69) is 26.5 Å². The van der Waals surface area contributed by atoms with Crippen LogP contribution in [0.1, 0.15) is 43.2 Å². The molecule has 27 heavy (non-hydrogen) atoms. The second kappa shape index (κ2) is 7.56. The maximum Gasteiger partial charge on any atom is 0.247 e. The van der Waals surface area contributed by atoms with Crippen molar-refractivity contribution < 1.29 is 4.79 Å². The van der Waals surface area contributed by atoms with Gasteiger partial charge in [-0.3, -0.25) is 4.79 Å². The van der Waals surface area contributed by atoms with Crippen molar-refractivity contribution in [2.45, 2.75) is 38.6 Å². The van der Waals surface area contributed by atoms with Crippen LogP contribution < -0.4 is 0 Å². The summed E-state index contributed by atoms with van der Waals surface area (Å²) in [5.41, 5.74) is 1.93. The molecule has 2 atom stereocenters. The molecule has 1 aliphatic rings. The van der Waals surface area contributed by atoms with Gasteiger partial charge in [0, 0.05) is 24.7 Å². The monoisotopic (exact) mass is 382 g/mol. The highest BCUT2D eigenvalue weighted by Crippen LogP contribution is 2.29. The average molecular weight is 382 g/mol. The third-order valence-electron chi connectivity index (χ3n) is 4.93. The first kappa shape index (κ1) is 17.8. The number of hydrogen-bond donors (Lipinski definition) is 0. The minimum atomic E-state index is -0.355. The highest BCUT2D eigenvalue weighted by Gasteiger charge is 2.30. The normalized spacial score (nSPS) is 18.4. The second-order valence-corrected chi connectivity index (χ2v) is 7.85. The number of piperidine rings is 1. The Hall–Kier alpha value is -2.61. The van der Waals surface area contributed by atoms with E-state index in [0.29, 0.717) is 6.54 Å². The van der Waals surface area contributed by atoms with Crippen LogP contribution in [0.3, 0.4) is 0 Å². The maximum absolute atomic E-state index is 12.9. The molecule has 1 amide bonds. The van der Waals surface area contributed by atoms with Crippen molar-refractivity contribution in [1.29, 1.82) is 0 Å². The highest BCUT2D eigenvalue weighted by molar-refractivity contribution is 7.13. The van der Waals surface area contributed by atoms with Crippen LogP contribution in [0.25, 0.3) is 10.6 Å². The summed E-state index contributed by atoms with van der Waals surface area (Å²) in [5.74, 6) is 1.06. The van der Waals surface area contributed by atoms with Crippen molar-refractivity contribution in [3.8, 4) is 10.6 Å². The summed E-state index contributed by atoms with van der Waals surface area (Å²) < 4.78 is 1.60. The Balaban J connectivity index is 1.54. The first-order valence-electron chi connectivity index (χ1n) is 9.14. The van der Waals surface area contributed by atoms with Gasteiger partial charge in [0.2, 0.25) is 5.91 Å². The Kier molecular flexibility index (Phi) is 4.98. The summed E-state index contributed by atoms with van der Waals surface area (Å²) >= 11 is 1.68. The first-order chi connectivity index (χ1) is 13.1. The fraction of sp³-hybridized carbons (Fsp3) is 0.421. The molecule has 4 rings (SSSR count). The summed E-state index contributed by atoms with van der Waals surface area (Å²) in [6.45, 7) is 5.27. The summed E-state index contributed by atoms with van der Waals surface area (Å²) in [5, 5.41) is 6.15. The van der Waals surface area contributed by atoms with Gasteiger partial charge in [-0.15, -0.1) is 11.3 Å². The van der Waals surface area contributed by atoms with E-state index < -0.39 is 0 Å². The molecule has 0 aliphatic carbocycles. The number of likely N-dealkylation sites (tertiary alicyclic amines) is 1. The molecule has 1 aliphatic heterocycles. The van der Waals surface area contributed by atoms with Crippen molar-refractivity contribution in [3.63, 3.8) is 0 Å². The van der Waals surface area contributed by atoms with E-state index in [1.54, 1.807) is 22.3 Å². The molecule has 1 saturated heterocycles. The van der Waals surface area contributed by atoms with Crippen molar-refractivity contribution in [2.75, 3.05) is 13.1 Å². The highest BCUT2D eigenvalue weighted by atomic mass is 32.1. The topological polar surface area (TPSA) is 76.8 Å². The van der Waals surface area contributed by atoms with Gasteiger partial charge in [-0.05, 0) is 44.2 Å². The molecule has 0 aromatic carbocycles. The van der Waals surface area contributed by atoms with Gasteiger partial charge >= 0.3 is 0 Å². The molecule has 0 N–H and O–H groups in total. The Morgan fingerprint density at radius 3 is 3.00 bits per heavy atom. The standard InChI is InChI=1S/C19H22N6OS/c1-13-9-16(17-6-4-8-27-17)23-18(22-13)15-5-3-7-24(10-15)19(26)14(2)25-12-20-11-21-25/h4,6,8-9,11-12,14-15H,3,5,7,10H2,1-2H3/t14-,15+/m0/s1. The van der Waals surface area contributed by atoms with E-state index in [4.69, 9.17) is 4.98 Å². The maximum atomic E-state index is 12.9. The summed E-state index contributed by atoms with van der Waals surface area (Å²) in [6, 6.07) is 5.77. The van der Waals surface area contributed by atoms with Gasteiger partial charge in [-0.1, -0.05) is 6.07 Å². The second-order valence-electron chi connectivity index (χ2n) is 6.90. The van der Waals surface area contributed by atoms with Crippen molar-refractivity contribution in [3.05, 3.63) is 47.8 Å². The number of aromatic nitrogens is 5. The smallest absolute Gasteiger partial charge is 0.247 e. The number of aryl methyl sites for hydroxylation is 1. The molecule has 7 nitrogen and oxygen atoms in total. The van der Waals surface area contributed by atoms with Gasteiger partial charge in [0.1, 0.15) is 24.5 Å². The minimum absolute atomic E-state index is 0.0660. The van der Waals surface area contributed by atoms with Crippen LogP contribution in [0.15, 0.2) is 36.2 Å². The Bertz CT molecular complexity index is 908. The fourth-order valence-electron chi connectivity index (χ4n) is 3.51. The molecule has 0 saturated carbocycles. The molecule has 0 bridgehead atoms. The summed E-state index contributed by atoms with van der Waals surface area (Å²) in [6.07, 6.45) is 4.98. The summed E-state index contributed by atoms with van der Waals surface area (Å²) in [4.78, 5) is 29.4. The summed E-state index contributed by atoms with van der Waals surface area (Å²) in [7, 11) is 0. The Morgan fingerprint density at radius 2 is 2.26 bits per heavy atom. The zero-order valence-corrected chi connectivity index (χ0v) is 16.3. The number of hydrogen-bond acceptors (Lipinski definition) is 6. The van der Waals surface area contributed by atoms with Crippen LogP contribution in [0.4, 0.5) is 0 Å². The van der Waals surface area contributed by atoms with E-state index in [1.807, 2.05) is 30.9 Å². The quantitative estimate of drug-likeness (QED) is 0.693. The predicted molar refractivity (Wildman–Crippen MR) is 103 cm³/mol. The van der Waals surface area contributed by atoms with Crippen LogP contribution in [-0.2, 0) is 4.79 Å². The third kappa shape index (κ3) is 3.75. The number of carbonyl (C=O) groups is 1. The van der Waals surface area contributed by atoms with Gasteiger partial charge in [0.25, 0.3) is 0 Å².